The molecule has 2 aliphatic heterocycles. The average molecular weight is 501 g/mol. The summed E-state index contributed by atoms with van der Waals surface area (Å²) in [6.45, 7) is 3.58. The van der Waals surface area contributed by atoms with E-state index in [9.17, 15) is 4.79 Å². The molecule has 0 spiro atoms. The Bertz CT molecular complexity index is 989. The van der Waals surface area contributed by atoms with Gasteiger partial charge in [-0.05, 0) is 62.0 Å². The quantitative estimate of drug-likeness (QED) is 0.572. The van der Waals surface area contributed by atoms with E-state index in [0.29, 0.717) is 55.9 Å². The van der Waals surface area contributed by atoms with Crippen LogP contribution in [0.3, 0.4) is 0 Å². The molecule has 2 N–H and O–H groups in total. The second-order valence-electron chi connectivity index (χ2n) is 10.2. The molecule has 1 aliphatic carbocycles. The van der Waals surface area contributed by atoms with Crippen molar-refractivity contribution in [2.24, 2.45) is 5.92 Å². The first kappa shape index (κ1) is 24.5. The molecule has 2 aromatic rings. The molecule has 0 radical (unpaired) electrons. The SMILES string of the molecule is O=C(OCC1CCNCC1)N1CCC(F)(CNC2CC2c2ccc(-c3ccc(Cl)cc3)nc2)CC1. The van der Waals surface area contributed by atoms with Crippen LogP contribution >= 0.6 is 11.6 Å². The van der Waals surface area contributed by atoms with Gasteiger partial charge in [0.05, 0.1) is 12.3 Å². The highest BCUT2D eigenvalue weighted by Gasteiger charge is 2.42. The maximum atomic E-state index is 15.4. The number of pyridine rings is 1. The van der Waals surface area contributed by atoms with Gasteiger partial charge in [-0.3, -0.25) is 4.98 Å². The predicted molar refractivity (Wildman–Crippen MR) is 135 cm³/mol. The zero-order chi connectivity index (χ0) is 24.3. The molecular weight excluding hydrogens is 467 g/mol. The summed E-state index contributed by atoms with van der Waals surface area (Å²) in [5, 5.41) is 7.45. The Morgan fingerprint density at radius 1 is 1.17 bits per heavy atom. The molecule has 8 heteroatoms. The summed E-state index contributed by atoms with van der Waals surface area (Å²) in [5.74, 6) is 0.806. The molecule has 3 aliphatic rings. The fourth-order valence-electron chi connectivity index (χ4n) is 5.11. The molecule has 188 valence electrons. The summed E-state index contributed by atoms with van der Waals surface area (Å²) in [4.78, 5) is 18.7. The van der Waals surface area contributed by atoms with Gasteiger partial charge in [-0.15, -0.1) is 0 Å². The number of aromatic nitrogens is 1. The monoisotopic (exact) mass is 500 g/mol. The first-order valence-electron chi connectivity index (χ1n) is 12.8. The van der Waals surface area contributed by atoms with Gasteiger partial charge in [0.25, 0.3) is 0 Å². The Balaban J connectivity index is 1.03. The Labute approximate surface area is 211 Å². The molecule has 0 bridgehead atoms. The van der Waals surface area contributed by atoms with Crippen molar-refractivity contribution in [3.8, 4) is 11.3 Å². The number of benzene rings is 1. The van der Waals surface area contributed by atoms with Crippen LogP contribution in [0.1, 0.15) is 43.6 Å². The van der Waals surface area contributed by atoms with E-state index in [4.69, 9.17) is 16.3 Å². The van der Waals surface area contributed by atoms with Crippen LogP contribution in [0.2, 0.25) is 5.02 Å². The van der Waals surface area contributed by atoms with Crippen molar-refractivity contribution in [1.82, 2.24) is 20.5 Å². The minimum absolute atomic E-state index is 0.277. The van der Waals surface area contributed by atoms with Gasteiger partial charge in [0.1, 0.15) is 5.67 Å². The van der Waals surface area contributed by atoms with Crippen LogP contribution in [0.15, 0.2) is 42.6 Å². The minimum Gasteiger partial charge on any atom is -0.449 e. The lowest BCUT2D eigenvalue weighted by Crippen LogP contribution is -2.49. The largest absolute Gasteiger partial charge is 0.449 e. The number of hydrogen-bond donors (Lipinski definition) is 2. The van der Waals surface area contributed by atoms with Crippen molar-refractivity contribution in [3.63, 3.8) is 0 Å². The lowest BCUT2D eigenvalue weighted by molar-refractivity contribution is 0.0362. The van der Waals surface area contributed by atoms with E-state index in [1.54, 1.807) is 4.90 Å². The van der Waals surface area contributed by atoms with Gasteiger partial charge in [0.2, 0.25) is 0 Å². The van der Waals surface area contributed by atoms with Gasteiger partial charge in [0.15, 0.2) is 0 Å². The Morgan fingerprint density at radius 2 is 1.91 bits per heavy atom. The molecule has 5 rings (SSSR count). The summed E-state index contributed by atoms with van der Waals surface area (Å²) in [6.07, 6.45) is 5.39. The van der Waals surface area contributed by atoms with Crippen molar-refractivity contribution >= 4 is 17.7 Å². The number of alkyl halides is 1. The van der Waals surface area contributed by atoms with Crippen LogP contribution in [0.5, 0.6) is 0 Å². The van der Waals surface area contributed by atoms with E-state index in [-0.39, 0.29) is 12.1 Å². The topological polar surface area (TPSA) is 66.5 Å². The van der Waals surface area contributed by atoms with Gasteiger partial charge < -0.3 is 20.3 Å². The molecule has 2 saturated heterocycles. The molecule has 3 fully saturated rings. The van der Waals surface area contributed by atoms with Gasteiger partial charge in [-0.25, -0.2) is 9.18 Å². The number of ether oxygens (including phenoxy) is 1. The van der Waals surface area contributed by atoms with Crippen molar-refractivity contribution < 1.29 is 13.9 Å². The number of likely N-dealkylation sites (tertiary alicyclic amines) is 1. The Kier molecular flexibility index (Phi) is 7.56. The number of amides is 1. The molecular formula is C27H34ClFN4O2. The van der Waals surface area contributed by atoms with Crippen LogP contribution in [-0.4, -0.2) is 67.0 Å². The summed E-state index contributed by atoms with van der Waals surface area (Å²) in [5.41, 5.74) is 1.85. The van der Waals surface area contributed by atoms with Crippen molar-refractivity contribution in [2.45, 2.75) is 49.7 Å². The van der Waals surface area contributed by atoms with Crippen LogP contribution in [0.25, 0.3) is 11.3 Å². The van der Waals surface area contributed by atoms with E-state index < -0.39 is 5.67 Å². The Morgan fingerprint density at radius 3 is 2.60 bits per heavy atom. The fraction of sp³-hybridized carbons (Fsp3) is 0.556. The Hall–Kier alpha value is -2.22. The first-order valence-corrected chi connectivity index (χ1v) is 13.1. The third-order valence-corrected chi connectivity index (χ3v) is 7.90. The molecule has 2 unspecified atom stereocenters. The summed E-state index contributed by atoms with van der Waals surface area (Å²) >= 11 is 5.97. The number of hydrogen-bond acceptors (Lipinski definition) is 5. The molecule has 35 heavy (non-hydrogen) atoms. The highest BCUT2D eigenvalue weighted by Crippen LogP contribution is 2.41. The lowest BCUT2D eigenvalue weighted by atomic mass is 9.93. The number of nitrogens with one attached hydrogen (secondary N) is 2. The van der Waals surface area contributed by atoms with Crippen molar-refractivity contribution in [2.75, 3.05) is 39.3 Å². The van der Waals surface area contributed by atoms with Crippen molar-refractivity contribution in [3.05, 3.63) is 53.2 Å². The van der Waals surface area contributed by atoms with Gasteiger partial charge in [-0.2, -0.15) is 0 Å². The second-order valence-corrected chi connectivity index (χ2v) is 10.7. The smallest absolute Gasteiger partial charge is 0.409 e. The maximum Gasteiger partial charge on any atom is 0.409 e. The van der Waals surface area contributed by atoms with Crippen molar-refractivity contribution in [1.29, 1.82) is 0 Å². The maximum absolute atomic E-state index is 15.4. The molecule has 6 nitrogen and oxygen atoms in total. The van der Waals surface area contributed by atoms with Crippen LogP contribution in [-0.2, 0) is 4.74 Å². The highest BCUT2D eigenvalue weighted by atomic mass is 35.5. The number of rotatable bonds is 7. The zero-order valence-electron chi connectivity index (χ0n) is 20.0. The predicted octanol–water partition coefficient (Wildman–Crippen LogP) is 4.79. The van der Waals surface area contributed by atoms with Crippen LogP contribution in [0, 0.1) is 5.92 Å². The minimum atomic E-state index is -1.28. The molecule has 1 aromatic carbocycles. The van der Waals surface area contributed by atoms with E-state index in [1.807, 2.05) is 36.5 Å². The standard InChI is InChI=1S/C27H34ClFN4O2/c28-22-4-1-20(2-5-22)24-6-3-21(16-31-24)23-15-25(23)32-18-27(29)9-13-33(14-10-27)26(34)35-17-19-7-11-30-12-8-19/h1-6,16,19,23,25,30,32H,7-15,17-18H2. The van der Waals surface area contributed by atoms with Crippen LogP contribution in [0.4, 0.5) is 9.18 Å². The van der Waals surface area contributed by atoms with E-state index in [1.165, 1.54) is 5.56 Å². The average Bonchev–Trinajstić information content (AvgIpc) is 3.68. The normalized spacial score (nSPS) is 24.2. The third-order valence-electron chi connectivity index (χ3n) is 7.64. The van der Waals surface area contributed by atoms with Gasteiger partial charge in [-0.1, -0.05) is 29.8 Å². The van der Waals surface area contributed by atoms with E-state index in [0.717, 1.165) is 43.6 Å². The zero-order valence-corrected chi connectivity index (χ0v) is 20.8. The fourth-order valence-corrected chi connectivity index (χ4v) is 5.24. The molecule has 1 saturated carbocycles. The summed E-state index contributed by atoms with van der Waals surface area (Å²) in [7, 11) is 0. The van der Waals surface area contributed by atoms with E-state index >= 15 is 4.39 Å². The number of piperidine rings is 2. The van der Waals surface area contributed by atoms with E-state index in [2.05, 4.69) is 21.7 Å². The summed E-state index contributed by atoms with van der Waals surface area (Å²) < 4.78 is 20.9. The lowest BCUT2D eigenvalue weighted by Gasteiger charge is -2.36. The second kappa shape index (κ2) is 10.8. The first-order chi connectivity index (χ1) is 17.0. The molecule has 3 heterocycles. The number of halogens is 2. The van der Waals surface area contributed by atoms with Gasteiger partial charge >= 0.3 is 6.09 Å². The summed E-state index contributed by atoms with van der Waals surface area (Å²) in [6, 6.07) is 12.1. The van der Waals surface area contributed by atoms with Gasteiger partial charge in [0, 0.05) is 61.2 Å². The number of carbonyl (C=O) groups is 1. The molecule has 2 atom stereocenters. The molecule has 1 amide bonds. The third kappa shape index (κ3) is 6.32. The van der Waals surface area contributed by atoms with Crippen LogP contribution < -0.4 is 10.6 Å². The number of carbonyl (C=O) groups excluding carboxylic acids is 1. The molecule has 1 aromatic heterocycles. The highest BCUT2D eigenvalue weighted by molar-refractivity contribution is 6.30. The number of nitrogens with zero attached hydrogens (tertiary/aromatic N) is 2.